The van der Waals surface area contributed by atoms with Crippen LogP contribution in [0.4, 0.5) is 0 Å². The summed E-state index contributed by atoms with van der Waals surface area (Å²) in [5.41, 5.74) is 1.50. The molecule has 3 atom stereocenters. The highest BCUT2D eigenvalue weighted by Crippen LogP contribution is 2.34. The van der Waals surface area contributed by atoms with E-state index in [1.54, 1.807) is 0 Å². The first kappa shape index (κ1) is 13.1. The van der Waals surface area contributed by atoms with Gasteiger partial charge in [0.05, 0.1) is 0 Å². The van der Waals surface area contributed by atoms with Gasteiger partial charge in [0, 0.05) is 18.1 Å². The Balaban J connectivity index is 1.78. The molecule has 1 N–H and O–H groups in total. The molecule has 3 rings (SSSR count). The van der Waals surface area contributed by atoms with Gasteiger partial charge in [-0.3, -0.25) is 4.90 Å². The van der Waals surface area contributed by atoms with E-state index in [-0.39, 0.29) is 0 Å². The maximum atomic E-state index is 3.72. The molecule has 2 saturated heterocycles. The van der Waals surface area contributed by atoms with Crippen molar-refractivity contribution in [2.75, 3.05) is 13.1 Å². The molecule has 2 fully saturated rings. The first-order valence-corrected chi connectivity index (χ1v) is 7.94. The van der Waals surface area contributed by atoms with Gasteiger partial charge < -0.3 is 5.32 Å². The van der Waals surface area contributed by atoms with Gasteiger partial charge in [-0.25, -0.2) is 0 Å². The van der Waals surface area contributed by atoms with E-state index < -0.39 is 0 Å². The van der Waals surface area contributed by atoms with Gasteiger partial charge in [0.1, 0.15) is 0 Å². The normalized spacial score (nSPS) is 29.7. The van der Waals surface area contributed by atoms with E-state index >= 15 is 0 Å². The zero-order chi connectivity index (χ0) is 13.1. The molecular formula is C17H26N2. The summed E-state index contributed by atoms with van der Waals surface area (Å²) in [5.74, 6) is 0. The highest BCUT2D eigenvalue weighted by molar-refractivity contribution is 5.19. The minimum absolute atomic E-state index is 0.607. The molecule has 0 aromatic heterocycles. The van der Waals surface area contributed by atoms with Crippen molar-refractivity contribution in [3.63, 3.8) is 0 Å². The minimum atomic E-state index is 0.607. The highest BCUT2D eigenvalue weighted by atomic mass is 15.2. The fourth-order valence-corrected chi connectivity index (χ4v) is 4.01. The molecule has 1 aromatic rings. The maximum absolute atomic E-state index is 3.72. The monoisotopic (exact) mass is 258 g/mol. The van der Waals surface area contributed by atoms with E-state index in [0.29, 0.717) is 6.04 Å². The van der Waals surface area contributed by atoms with Crippen LogP contribution in [0, 0.1) is 0 Å². The van der Waals surface area contributed by atoms with E-state index in [4.69, 9.17) is 0 Å². The predicted octanol–water partition coefficient (Wildman–Crippen LogP) is 3.35. The zero-order valence-corrected chi connectivity index (χ0v) is 12.0. The Morgan fingerprint density at radius 3 is 2.74 bits per heavy atom. The van der Waals surface area contributed by atoms with Crippen LogP contribution >= 0.6 is 0 Å². The summed E-state index contributed by atoms with van der Waals surface area (Å²) in [5, 5.41) is 3.72. The lowest BCUT2D eigenvalue weighted by Crippen LogP contribution is -2.45. The molecule has 1 aromatic carbocycles. The Kier molecular flexibility index (Phi) is 4.19. The molecule has 0 spiro atoms. The number of hydrogen-bond donors (Lipinski definition) is 1. The van der Waals surface area contributed by atoms with Gasteiger partial charge in [0.15, 0.2) is 0 Å². The van der Waals surface area contributed by atoms with Crippen molar-refractivity contribution in [1.29, 1.82) is 0 Å². The fraction of sp³-hybridized carbons (Fsp3) is 0.647. The fourth-order valence-electron chi connectivity index (χ4n) is 4.01. The molecule has 2 aliphatic heterocycles. The second-order valence-electron chi connectivity index (χ2n) is 5.98. The lowest BCUT2D eigenvalue weighted by atomic mass is 9.98. The van der Waals surface area contributed by atoms with Crippen LogP contribution < -0.4 is 5.32 Å². The van der Waals surface area contributed by atoms with Gasteiger partial charge in [-0.1, -0.05) is 37.3 Å². The molecule has 19 heavy (non-hydrogen) atoms. The topological polar surface area (TPSA) is 15.3 Å². The molecule has 104 valence electrons. The molecule has 3 unspecified atom stereocenters. The summed E-state index contributed by atoms with van der Waals surface area (Å²) in [6.07, 6.45) is 6.68. The number of nitrogens with zero attached hydrogens (tertiary/aromatic N) is 1. The Morgan fingerprint density at radius 1 is 1.21 bits per heavy atom. The third kappa shape index (κ3) is 2.70. The van der Waals surface area contributed by atoms with Crippen LogP contribution in [-0.4, -0.2) is 30.1 Å². The zero-order valence-electron chi connectivity index (χ0n) is 12.0. The number of hydrogen-bond acceptors (Lipinski definition) is 2. The molecule has 0 amide bonds. The molecule has 2 nitrogen and oxygen atoms in total. The standard InChI is InChI=1S/C17H26N2/c1-2-16(14-8-4-3-5-9-14)19-13-7-11-17(19)15-10-6-12-18-15/h3-5,8-9,15-18H,2,6-7,10-13H2,1H3. The lowest BCUT2D eigenvalue weighted by Gasteiger charge is -2.36. The SMILES string of the molecule is CCC(c1ccccc1)N1CCCC1C1CCCN1. The van der Waals surface area contributed by atoms with Crippen molar-refractivity contribution in [3.8, 4) is 0 Å². The highest BCUT2D eigenvalue weighted by Gasteiger charge is 2.36. The van der Waals surface area contributed by atoms with Gasteiger partial charge in [0.25, 0.3) is 0 Å². The molecule has 2 heterocycles. The van der Waals surface area contributed by atoms with Crippen LogP contribution in [-0.2, 0) is 0 Å². The van der Waals surface area contributed by atoms with Gasteiger partial charge in [-0.2, -0.15) is 0 Å². The largest absolute Gasteiger partial charge is 0.312 e. The van der Waals surface area contributed by atoms with Gasteiger partial charge in [-0.15, -0.1) is 0 Å². The molecular weight excluding hydrogens is 232 g/mol. The van der Waals surface area contributed by atoms with Crippen LogP contribution in [0.5, 0.6) is 0 Å². The quantitative estimate of drug-likeness (QED) is 0.891. The van der Waals surface area contributed by atoms with Gasteiger partial charge in [-0.05, 0) is 50.8 Å². The van der Waals surface area contributed by atoms with E-state index in [0.717, 1.165) is 12.1 Å². The first-order valence-electron chi connectivity index (χ1n) is 7.94. The van der Waals surface area contributed by atoms with E-state index in [9.17, 15) is 0 Å². The predicted molar refractivity (Wildman–Crippen MR) is 80.2 cm³/mol. The third-order valence-electron chi connectivity index (χ3n) is 4.88. The van der Waals surface area contributed by atoms with Gasteiger partial charge >= 0.3 is 0 Å². The summed E-state index contributed by atoms with van der Waals surface area (Å²) >= 11 is 0. The third-order valence-corrected chi connectivity index (χ3v) is 4.88. The summed E-state index contributed by atoms with van der Waals surface area (Å²) in [7, 11) is 0. The molecule has 0 saturated carbocycles. The average molecular weight is 258 g/mol. The Bertz CT molecular complexity index is 384. The van der Waals surface area contributed by atoms with Crippen LogP contribution in [0.1, 0.15) is 50.6 Å². The van der Waals surface area contributed by atoms with E-state index in [1.165, 1.54) is 50.8 Å². The first-order chi connectivity index (χ1) is 9.40. The Morgan fingerprint density at radius 2 is 2.05 bits per heavy atom. The van der Waals surface area contributed by atoms with Crippen LogP contribution in [0.3, 0.4) is 0 Å². The second kappa shape index (κ2) is 6.06. The van der Waals surface area contributed by atoms with Crippen LogP contribution in [0.25, 0.3) is 0 Å². The molecule has 2 aliphatic rings. The molecule has 0 aliphatic carbocycles. The Labute approximate surface area is 117 Å². The van der Waals surface area contributed by atoms with Crippen molar-refractivity contribution in [1.82, 2.24) is 10.2 Å². The minimum Gasteiger partial charge on any atom is -0.312 e. The summed E-state index contributed by atoms with van der Waals surface area (Å²) in [6.45, 7) is 4.82. The lowest BCUT2D eigenvalue weighted by molar-refractivity contribution is 0.149. The van der Waals surface area contributed by atoms with Crippen molar-refractivity contribution in [2.45, 2.75) is 57.2 Å². The second-order valence-corrected chi connectivity index (χ2v) is 5.98. The van der Waals surface area contributed by atoms with E-state index in [1.807, 2.05) is 0 Å². The number of nitrogens with one attached hydrogen (secondary N) is 1. The molecule has 0 bridgehead atoms. The summed E-state index contributed by atoms with van der Waals surface area (Å²) in [4.78, 5) is 2.78. The Hall–Kier alpha value is -0.860. The van der Waals surface area contributed by atoms with Gasteiger partial charge in [0.2, 0.25) is 0 Å². The number of benzene rings is 1. The molecule has 0 radical (unpaired) electrons. The molecule has 2 heteroatoms. The average Bonchev–Trinajstić information content (AvgIpc) is 3.11. The summed E-state index contributed by atoms with van der Waals surface area (Å²) in [6, 6.07) is 13.2. The van der Waals surface area contributed by atoms with Crippen LogP contribution in [0.2, 0.25) is 0 Å². The van der Waals surface area contributed by atoms with Crippen LogP contribution in [0.15, 0.2) is 30.3 Å². The number of likely N-dealkylation sites (tertiary alicyclic amines) is 1. The van der Waals surface area contributed by atoms with E-state index in [2.05, 4.69) is 47.5 Å². The van der Waals surface area contributed by atoms with Crippen molar-refractivity contribution in [3.05, 3.63) is 35.9 Å². The van der Waals surface area contributed by atoms with Crippen molar-refractivity contribution < 1.29 is 0 Å². The smallest absolute Gasteiger partial charge is 0.0349 e. The summed E-state index contributed by atoms with van der Waals surface area (Å²) < 4.78 is 0. The van der Waals surface area contributed by atoms with Crippen molar-refractivity contribution >= 4 is 0 Å². The van der Waals surface area contributed by atoms with Crippen molar-refractivity contribution in [2.24, 2.45) is 0 Å². The number of rotatable bonds is 4. The maximum Gasteiger partial charge on any atom is 0.0349 e.